The molecule has 0 radical (unpaired) electrons. The molecule has 3 rings (SSSR count). The van der Waals surface area contributed by atoms with Gasteiger partial charge in [-0.05, 0) is 25.0 Å². The number of rotatable bonds is 3. The van der Waals surface area contributed by atoms with E-state index in [9.17, 15) is 20.2 Å². The summed E-state index contributed by atoms with van der Waals surface area (Å²) in [5.41, 5.74) is 0.184. The molecular weight excluding hydrogens is 308 g/mol. The number of carbonyl (C=O) groups excluding carboxylic acids is 1. The molecular formula is C17H20N4O3. The van der Waals surface area contributed by atoms with Crippen LogP contribution in [0.1, 0.15) is 25.7 Å². The Bertz CT molecular complexity index is 666. The van der Waals surface area contributed by atoms with Gasteiger partial charge >= 0.3 is 0 Å². The van der Waals surface area contributed by atoms with Crippen LogP contribution in [0.3, 0.4) is 0 Å². The van der Waals surface area contributed by atoms with E-state index in [4.69, 9.17) is 0 Å². The fraction of sp³-hybridized carbons (Fsp3) is 0.529. The molecule has 1 saturated carbocycles. The molecule has 7 heteroatoms. The van der Waals surface area contributed by atoms with Crippen LogP contribution in [0.15, 0.2) is 24.3 Å². The third-order valence-corrected chi connectivity index (χ3v) is 5.07. The maximum absolute atomic E-state index is 12.7. The largest absolute Gasteiger partial charge is 0.368 e. The molecule has 126 valence electrons. The molecule has 1 aliphatic carbocycles. The molecule has 0 unspecified atom stereocenters. The molecule has 1 amide bonds. The number of hydrogen-bond acceptors (Lipinski definition) is 5. The molecule has 0 aromatic heterocycles. The van der Waals surface area contributed by atoms with Gasteiger partial charge in [0, 0.05) is 44.0 Å². The summed E-state index contributed by atoms with van der Waals surface area (Å²) in [4.78, 5) is 26.9. The molecule has 1 aromatic rings. The van der Waals surface area contributed by atoms with E-state index in [0.29, 0.717) is 39.0 Å². The van der Waals surface area contributed by atoms with Crippen molar-refractivity contribution < 1.29 is 9.72 Å². The fourth-order valence-corrected chi connectivity index (χ4v) is 3.61. The first-order valence-corrected chi connectivity index (χ1v) is 8.26. The summed E-state index contributed by atoms with van der Waals surface area (Å²) in [6, 6.07) is 8.74. The first-order valence-electron chi connectivity index (χ1n) is 8.26. The molecule has 1 aliphatic heterocycles. The van der Waals surface area contributed by atoms with Gasteiger partial charge in [-0.15, -0.1) is 0 Å². The summed E-state index contributed by atoms with van der Waals surface area (Å²) in [6.45, 7) is 2.51. The first-order chi connectivity index (χ1) is 11.6. The molecule has 24 heavy (non-hydrogen) atoms. The lowest BCUT2D eigenvalue weighted by Crippen LogP contribution is -2.52. The van der Waals surface area contributed by atoms with Crippen LogP contribution < -0.4 is 4.90 Å². The van der Waals surface area contributed by atoms with Crippen molar-refractivity contribution in [3.05, 3.63) is 34.4 Å². The Labute approximate surface area is 140 Å². The summed E-state index contributed by atoms with van der Waals surface area (Å²) >= 11 is 0. The molecule has 1 saturated heterocycles. The lowest BCUT2D eigenvalue weighted by atomic mass is 9.86. The number of nitro benzene ring substituents is 1. The number of anilines is 1. The van der Waals surface area contributed by atoms with Crippen LogP contribution >= 0.6 is 0 Å². The van der Waals surface area contributed by atoms with Gasteiger partial charge in [-0.3, -0.25) is 14.9 Å². The Balaban J connectivity index is 1.62. The van der Waals surface area contributed by atoms with E-state index in [0.717, 1.165) is 18.5 Å². The average Bonchev–Trinajstić information content (AvgIpc) is 3.11. The Morgan fingerprint density at radius 3 is 2.21 bits per heavy atom. The van der Waals surface area contributed by atoms with Crippen LogP contribution in [0.2, 0.25) is 0 Å². The summed E-state index contributed by atoms with van der Waals surface area (Å²) in [5.74, 6) is -0.0224. The number of carbonyl (C=O) groups is 1. The van der Waals surface area contributed by atoms with Crippen LogP contribution in [-0.2, 0) is 4.79 Å². The second-order valence-corrected chi connectivity index (χ2v) is 6.45. The maximum Gasteiger partial charge on any atom is 0.269 e. The molecule has 7 nitrogen and oxygen atoms in total. The van der Waals surface area contributed by atoms with E-state index < -0.39 is 10.3 Å². The number of piperazine rings is 1. The van der Waals surface area contributed by atoms with Crippen LogP contribution in [0, 0.1) is 26.9 Å². The molecule has 2 aliphatic rings. The van der Waals surface area contributed by atoms with Crippen LogP contribution in [0.5, 0.6) is 0 Å². The van der Waals surface area contributed by atoms with Crippen molar-refractivity contribution in [1.82, 2.24) is 4.90 Å². The summed E-state index contributed by atoms with van der Waals surface area (Å²) in [5, 5.41) is 20.2. The molecule has 1 heterocycles. The van der Waals surface area contributed by atoms with Gasteiger partial charge in [-0.25, -0.2) is 0 Å². The number of nitriles is 1. The molecule has 0 bridgehead atoms. The van der Waals surface area contributed by atoms with E-state index in [-0.39, 0.29) is 11.6 Å². The highest BCUT2D eigenvalue weighted by Gasteiger charge is 2.44. The lowest BCUT2D eigenvalue weighted by Gasteiger charge is -2.38. The quantitative estimate of drug-likeness (QED) is 0.627. The second kappa shape index (κ2) is 6.48. The topological polar surface area (TPSA) is 90.5 Å². The number of nitrogens with zero attached hydrogens (tertiary/aromatic N) is 4. The highest BCUT2D eigenvalue weighted by molar-refractivity contribution is 5.86. The normalized spacial score (nSPS) is 19.8. The van der Waals surface area contributed by atoms with Gasteiger partial charge in [-0.2, -0.15) is 5.26 Å². The van der Waals surface area contributed by atoms with E-state index >= 15 is 0 Å². The number of non-ortho nitro benzene ring substituents is 1. The predicted molar refractivity (Wildman–Crippen MR) is 88.4 cm³/mol. The smallest absolute Gasteiger partial charge is 0.269 e. The van der Waals surface area contributed by atoms with Gasteiger partial charge in [0.2, 0.25) is 5.91 Å². The zero-order valence-electron chi connectivity index (χ0n) is 13.5. The lowest BCUT2D eigenvalue weighted by molar-refractivity contribution is -0.384. The zero-order chi connectivity index (χ0) is 17.2. The third kappa shape index (κ3) is 2.92. The van der Waals surface area contributed by atoms with Gasteiger partial charge in [-0.1, -0.05) is 12.8 Å². The minimum atomic E-state index is -0.810. The Hall–Kier alpha value is -2.62. The minimum Gasteiger partial charge on any atom is -0.368 e. The number of amides is 1. The van der Waals surface area contributed by atoms with Crippen LogP contribution in [0.4, 0.5) is 11.4 Å². The predicted octanol–water partition coefficient (Wildman–Crippen LogP) is 2.33. The third-order valence-electron chi connectivity index (χ3n) is 5.07. The monoisotopic (exact) mass is 328 g/mol. The molecule has 0 atom stereocenters. The van der Waals surface area contributed by atoms with Gasteiger partial charge < -0.3 is 9.80 Å². The summed E-state index contributed by atoms with van der Waals surface area (Å²) in [6.07, 6.45) is 3.24. The van der Waals surface area contributed by atoms with Gasteiger partial charge in [0.25, 0.3) is 5.69 Å². The molecule has 1 aromatic carbocycles. The van der Waals surface area contributed by atoms with Gasteiger partial charge in [0.05, 0.1) is 11.0 Å². The SMILES string of the molecule is N#CC1(C(=O)N2CCN(c3ccc([N+](=O)[O-])cc3)CC2)CCCC1. The van der Waals surface area contributed by atoms with Crippen molar-refractivity contribution >= 4 is 17.3 Å². The molecule has 0 spiro atoms. The number of nitro groups is 1. The first kappa shape index (κ1) is 16.2. The highest BCUT2D eigenvalue weighted by atomic mass is 16.6. The highest BCUT2D eigenvalue weighted by Crippen LogP contribution is 2.39. The van der Waals surface area contributed by atoms with Crippen molar-refractivity contribution in [3.8, 4) is 6.07 Å². The van der Waals surface area contributed by atoms with E-state index in [1.165, 1.54) is 12.1 Å². The number of hydrogen-bond donors (Lipinski definition) is 0. The van der Waals surface area contributed by atoms with Crippen molar-refractivity contribution in [2.45, 2.75) is 25.7 Å². The Kier molecular flexibility index (Phi) is 4.38. The standard InChI is InChI=1S/C17H20N4O3/c18-13-17(7-1-2-8-17)16(22)20-11-9-19(10-12-20)14-3-5-15(6-4-14)21(23)24/h3-6H,1-2,7-12H2. The number of benzene rings is 1. The van der Waals surface area contributed by atoms with Crippen molar-refractivity contribution in [2.24, 2.45) is 5.41 Å². The molecule has 2 fully saturated rings. The second-order valence-electron chi connectivity index (χ2n) is 6.45. The van der Waals surface area contributed by atoms with Gasteiger partial charge in [0.1, 0.15) is 5.41 Å². The van der Waals surface area contributed by atoms with Crippen LogP contribution in [0.25, 0.3) is 0 Å². The van der Waals surface area contributed by atoms with E-state index in [2.05, 4.69) is 11.0 Å². The Morgan fingerprint density at radius 2 is 1.71 bits per heavy atom. The fourth-order valence-electron chi connectivity index (χ4n) is 3.61. The minimum absolute atomic E-state index is 0.0224. The van der Waals surface area contributed by atoms with E-state index in [1.807, 2.05) is 0 Å². The van der Waals surface area contributed by atoms with Crippen molar-refractivity contribution in [3.63, 3.8) is 0 Å². The zero-order valence-corrected chi connectivity index (χ0v) is 13.5. The van der Waals surface area contributed by atoms with Crippen LogP contribution in [-0.4, -0.2) is 41.9 Å². The van der Waals surface area contributed by atoms with Crippen molar-refractivity contribution in [1.29, 1.82) is 5.26 Å². The maximum atomic E-state index is 12.7. The molecule has 0 N–H and O–H groups in total. The summed E-state index contributed by atoms with van der Waals surface area (Å²) < 4.78 is 0. The van der Waals surface area contributed by atoms with E-state index in [1.54, 1.807) is 17.0 Å². The average molecular weight is 328 g/mol. The van der Waals surface area contributed by atoms with Gasteiger partial charge in [0.15, 0.2) is 0 Å². The Morgan fingerprint density at radius 1 is 1.12 bits per heavy atom. The van der Waals surface area contributed by atoms with Crippen molar-refractivity contribution in [2.75, 3.05) is 31.1 Å². The summed E-state index contributed by atoms with van der Waals surface area (Å²) in [7, 11) is 0.